The van der Waals surface area contributed by atoms with Crippen LogP contribution in [-0.4, -0.2) is 3.21 Å². The van der Waals surface area contributed by atoms with Crippen LogP contribution in [0.1, 0.15) is 78.5 Å². The standard InChI is InChI=1S/C17H17.C13H10.C11H17.Zr/c1-3-12-5-7-16-14(9-12)11-15-10-13(4-2)6-8-17(15)16;1-3-7-12(8-4-1)11-13-9-5-2-6-10-13;1-8(2)10-5-6-11(7-10)9(3)4;/h5-11H,3-4H2,1-2H3;1-10H;5-6,8-10H,1-4H3;. The molecule has 2 aliphatic rings. The monoisotopic (exact) mass is 626 g/mol. The minimum absolute atomic E-state index is 0.440. The van der Waals surface area contributed by atoms with Crippen molar-refractivity contribution in [3.63, 3.8) is 0 Å². The average molecular weight is 628 g/mol. The molecule has 4 aromatic carbocycles. The van der Waals surface area contributed by atoms with Gasteiger partial charge in [-0.2, -0.15) is 0 Å². The molecule has 0 bridgehead atoms. The Bertz CT molecular complexity index is 1590. The SMILES string of the molecule is CCc1ccc2c(c1)[CH]([Zr]([C]1=C(C(C)C)C=CC1C(C)C)=[C](c1ccccc1)c1ccccc1)c1cc(CC)ccc1-2. The molecule has 1 heteroatoms. The molecule has 0 aliphatic heterocycles. The van der Waals surface area contributed by atoms with Crippen molar-refractivity contribution in [3.05, 3.63) is 151 Å². The first-order valence-corrected chi connectivity index (χ1v) is 19.8. The fourth-order valence-corrected chi connectivity index (χ4v) is 18.0. The Hall–Kier alpha value is -2.89. The summed E-state index contributed by atoms with van der Waals surface area (Å²) < 4.78 is 3.90. The second-order valence-corrected chi connectivity index (χ2v) is 18.7. The summed E-state index contributed by atoms with van der Waals surface area (Å²) in [5.41, 5.74) is 13.4. The topological polar surface area (TPSA) is 0 Å². The van der Waals surface area contributed by atoms with Crippen molar-refractivity contribution in [2.45, 2.75) is 58.0 Å². The Morgan fingerprint density at radius 3 is 1.60 bits per heavy atom. The molecule has 0 aromatic heterocycles. The maximum atomic E-state index is 2.59. The molecule has 2 aliphatic carbocycles. The van der Waals surface area contributed by atoms with Gasteiger partial charge in [-0.3, -0.25) is 0 Å². The van der Waals surface area contributed by atoms with Gasteiger partial charge in [0.15, 0.2) is 0 Å². The molecule has 4 aromatic rings. The predicted molar refractivity (Wildman–Crippen MR) is 178 cm³/mol. The number of aryl methyl sites for hydroxylation is 2. The van der Waals surface area contributed by atoms with Gasteiger partial charge in [0.1, 0.15) is 0 Å². The van der Waals surface area contributed by atoms with E-state index in [0.717, 1.165) is 12.8 Å². The van der Waals surface area contributed by atoms with E-state index in [1.807, 2.05) is 3.28 Å². The normalized spacial score (nSPS) is 16.0. The third-order valence-electron chi connectivity index (χ3n) is 9.40. The fourth-order valence-electron chi connectivity index (χ4n) is 7.21. The van der Waals surface area contributed by atoms with E-state index in [1.54, 1.807) is 19.9 Å². The van der Waals surface area contributed by atoms with Gasteiger partial charge >= 0.3 is 263 Å². The molecule has 0 N–H and O–H groups in total. The molecule has 0 saturated carbocycles. The van der Waals surface area contributed by atoms with Gasteiger partial charge in [-0.25, -0.2) is 0 Å². The van der Waals surface area contributed by atoms with Crippen molar-refractivity contribution < 1.29 is 21.3 Å². The van der Waals surface area contributed by atoms with E-state index in [9.17, 15) is 0 Å². The van der Waals surface area contributed by atoms with Gasteiger partial charge in [0.25, 0.3) is 0 Å². The summed E-state index contributed by atoms with van der Waals surface area (Å²) in [7, 11) is 0. The van der Waals surface area contributed by atoms with Crippen LogP contribution >= 0.6 is 0 Å². The van der Waals surface area contributed by atoms with E-state index in [2.05, 4.69) is 151 Å². The van der Waals surface area contributed by atoms with Crippen LogP contribution in [-0.2, 0) is 34.1 Å². The molecule has 0 saturated heterocycles. The number of benzene rings is 4. The van der Waals surface area contributed by atoms with Gasteiger partial charge in [-0.1, -0.05) is 0 Å². The summed E-state index contributed by atoms with van der Waals surface area (Å²) in [6.45, 7) is 14.3. The van der Waals surface area contributed by atoms with E-state index in [4.69, 9.17) is 0 Å². The molecule has 0 heterocycles. The Morgan fingerprint density at radius 2 is 1.17 bits per heavy atom. The number of hydrogen-bond donors (Lipinski definition) is 0. The van der Waals surface area contributed by atoms with Crippen molar-refractivity contribution in [2.75, 3.05) is 0 Å². The summed E-state index contributed by atoms with van der Waals surface area (Å²) in [5, 5.41) is 0. The van der Waals surface area contributed by atoms with Crippen LogP contribution in [0.15, 0.2) is 118 Å². The molecule has 6 rings (SSSR count). The van der Waals surface area contributed by atoms with Crippen molar-refractivity contribution in [3.8, 4) is 11.1 Å². The van der Waals surface area contributed by atoms with Crippen LogP contribution in [0.2, 0.25) is 0 Å². The van der Waals surface area contributed by atoms with E-state index < -0.39 is 21.3 Å². The molecule has 0 amide bonds. The van der Waals surface area contributed by atoms with Gasteiger partial charge in [0.05, 0.1) is 0 Å². The second-order valence-electron chi connectivity index (χ2n) is 12.7. The first kappa shape index (κ1) is 29.2. The van der Waals surface area contributed by atoms with Gasteiger partial charge in [0, 0.05) is 0 Å². The third kappa shape index (κ3) is 5.24. The van der Waals surface area contributed by atoms with E-state index >= 15 is 0 Å². The summed E-state index contributed by atoms with van der Waals surface area (Å²) >= 11 is -2.83. The summed E-state index contributed by atoms with van der Waals surface area (Å²) in [6, 6.07) is 37.6. The minimum atomic E-state index is -2.83. The maximum absolute atomic E-state index is 2.83. The summed E-state index contributed by atoms with van der Waals surface area (Å²) in [5.74, 6) is 1.57. The van der Waals surface area contributed by atoms with E-state index in [1.165, 1.54) is 33.4 Å². The van der Waals surface area contributed by atoms with E-state index in [0.29, 0.717) is 21.4 Å². The van der Waals surface area contributed by atoms with Crippen LogP contribution in [0.4, 0.5) is 0 Å². The molecule has 0 spiro atoms. The molecule has 1 unspecified atom stereocenters. The van der Waals surface area contributed by atoms with E-state index in [-0.39, 0.29) is 0 Å². The molecule has 42 heavy (non-hydrogen) atoms. The average Bonchev–Trinajstić information content (AvgIpc) is 3.60. The van der Waals surface area contributed by atoms with Crippen molar-refractivity contribution in [2.24, 2.45) is 17.8 Å². The number of hydrogen-bond acceptors (Lipinski definition) is 0. The number of rotatable bonds is 8. The van der Waals surface area contributed by atoms with Crippen LogP contribution in [0.5, 0.6) is 0 Å². The van der Waals surface area contributed by atoms with Gasteiger partial charge in [0.2, 0.25) is 0 Å². The molecule has 0 fully saturated rings. The second kappa shape index (κ2) is 12.4. The quantitative estimate of drug-likeness (QED) is 0.182. The van der Waals surface area contributed by atoms with Crippen molar-refractivity contribution >= 4 is 3.21 Å². The molecule has 0 radical (unpaired) electrons. The van der Waals surface area contributed by atoms with Crippen LogP contribution in [0, 0.1) is 17.8 Å². The molecule has 0 nitrogen and oxygen atoms in total. The Balaban J connectivity index is 1.81. The summed E-state index contributed by atoms with van der Waals surface area (Å²) in [4.78, 5) is 0. The van der Waals surface area contributed by atoms with Crippen LogP contribution in [0.25, 0.3) is 11.1 Å². The van der Waals surface area contributed by atoms with Crippen molar-refractivity contribution in [1.29, 1.82) is 0 Å². The summed E-state index contributed by atoms with van der Waals surface area (Å²) in [6.07, 6.45) is 7.21. The van der Waals surface area contributed by atoms with Crippen molar-refractivity contribution in [1.82, 2.24) is 0 Å². The molecule has 1 atom stereocenters. The first-order valence-electron chi connectivity index (χ1n) is 16.0. The molecular weight excluding hydrogens is 584 g/mol. The third-order valence-corrected chi connectivity index (χ3v) is 18.0. The van der Waals surface area contributed by atoms with Gasteiger partial charge in [-0.15, -0.1) is 0 Å². The predicted octanol–water partition coefficient (Wildman–Crippen LogP) is 10.5. The molecule has 212 valence electrons. The zero-order valence-electron chi connectivity index (χ0n) is 26.1. The van der Waals surface area contributed by atoms with Crippen LogP contribution in [0.3, 0.4) is 0 Å². The zero-order valence-corrected chi connectivity index (χ0v) is 28.6. The Kier molecular flexibility index (Phi) is 8.61. The fraction of sp³-hybridized carbons (Fsp3) is 0.293. The Morgan fingerprint density at radius 1 is 0.667 bits per heavy atom. The number of allylic oxidation sites excluding steroid dienone is 4. The zero-order chi connectivity index (χ0) is 29.4. The van der Waals surface area contributed by atoms with Gasteiger partial charge < -0.3 is 0 Å². The Labute approximate surface area is 261 Å². The van der Waals surface area contributed by atoms with Crippen LogP contribution < -0.4 is 0 Å². The molecular formula is C41H44Zr. The van der Waals surface area contributed by atoms with Gasteiger partial charge in [-0.05, 0) is 0 Å². The number of fused-ring (bicyclic) bond motifs is 3. The first-order chi connectivity index (χ1) is 20.4.